The van der Waals surface area contributed by atoms with Crippen LogP contribution in [0.2, 0.25) is 0 Å². The Hall–Kier alpha value is -1.35. The summed E-state index contributed by atoms with van der Waals surface area (Å²) in [6.45, 7) is 7.80. The molecule has 0 saturated carbocycles. The normalized spacial score (nSPS) is 8.55. The van der Waals surface area contributed by atoms with Crippen molar-refractivity contribution in [1.82, 2.24) is 0 Å². The second kappa shape index (κ2) is 11.2. The molecule has 0 aromatic heterocycles. The summed E-state index contributed by atoms with van der Waals surface area (Å²) in [7, 11) is 8.07. The standard InChI is InChI=1S/2C9H12N.CH3.Sc/c2*1-8-6-4-5-7-9(8)10(2)3;;/h2*4-7H,1H2,2-3H3;1H3;/q3*-1;. The van der Waals surface area contributed by atoms with Crippen LogP contribution in [0.3, 0.4) is 0 Å². The van der Waals surface area contributed by atoms with Gasteiger partial charge in [-0.15, -0.1) is 12.1 Å². The van der Waals surface area contributed by atoms with Crippen LogP contribution in [0.1, 0.15) is 11.1 Å². The van der Waals surface area contributed by atoms with Gasteiger partial charge in [0.15, 0.2) is 0 Å². The van der Waals surface area contributed by atoms with E-state index in [0.717, 1.165) is 11.1 Å². The Morgan fingerprint density at radius 2 is 0.909 bits per heavy atom. The largest absolute Gasteiger partial charge is 0.428 e. The third-order valence-electron chi connectivity index (χ3n) is 2.95. The first-order chi connectivity index (χ1) is 9.43. The van der Waals surface area contributed by atoms with E-state index in [0.29, 0.717) is 0 Å². The van der Waals surface area contributed by atoms with E-state index in [1.54, 1.807) is 0 Å². The van der Waals surface area contributed by atoms with Gasteiger partial charge in [-0.3, -0.25) is 0 Å². The van der Waals surface area contributed by atoms with E-state index in [9.17, 15) is 0 Å². The summed E-state index contributed by atoms with van der Waals surface area (Å²) >= 11 is 0. The zero-order chi connectivity index (χ0) is 15.1. The average molecular weight is 328 g/mol. The van der Waals surface area contributed by atoms with Crippen LogP contribution in [0.25, 0.3) is 0 Å². The van der Waals surface area contributed by atoms with E-state index in [1.807, 2.05) is 64.6 Å². The van der Waals surface area contributed by atoms with Gasteiger partial charge in [-0.2, -0.15) is 37.1 Å². The molecule has 0 atom stereocenters. The number of anilines is 2. The first-order valence-corrected chi connectivity index (χ1v) is 6.60. The van der Waals surface area contributed by atoms with Gasteiger partial charge < -0.3 is 17.2 Å². The van der Waals surface area contributed by atoms with Crippen LogP contribution in [0.4, 0.5) is 11.4 Å². The molecule has 0 aliphatic heterocycles. The predicted molar refractivity (Wildman–Crippen MR) is 96.9 cm³/mol. The van der Waals surface area contributed by atoms with Gasteiger partial charge in [0.1, 0.15) is 0 Å². The first kappa shape index (κ1) is 22.9. The maximum Gasteiger partial charge on any atom is 0 e. The molecule has 0 spiro atoms. The fourth-order valence-corrected chi connectivity index (χ4v) is 1.89. The second-order valence-electron chi connectivity index (χ2n) is 5.05. The van der Waals surface area contributed by atoms with Crippen molar-refractivity contribution in [2.75, 3.05) is 38.0 Å². The third-order valence-corrected chi connectivity index (χ3v) is 2.95. The minimum atomic E-state index is 0. The molecule has 0 N–H and O–H groups in total. The molecule has 0 amide bonds. The summed E-state index contributed by atoms with van der Waals surface area (Å²) in [5.74, 6) is 0. The molecule has 3 heteroatoms. The number of hydrogen-bond donors (Lipinski definition) is 0. The molecule has 0 fully saturated rings. The number of para-hydroxylation sites is 2. The molecular formula is C19H27N2Sc-3. The smallest absolute Gasteiger partial charge is 0 e. The van der Waals surface area contributed by atoms with Gasteiger partial charge in [-0.1, -0.05) is 35.6 Å². The van der Waals surface area contributed by atoms with Crippen molar-refractivity contribution in [3.8, 4) is 0 Å². The Morgan fingerprint density at radius 3 is 1.09 bits per heavy atom. The Kier molecular flexibility index (Phi) is 11.7. The Balaban J connectivity index is 0. The Labute approximate surface area is 155 Å². The number of benzene rings is 2. The van der Waals surface area contributed by atoms with Crippen molar-refractivity contribution in [1.29, 1.82) is 0 Å². The van der Waals surface area contributed by atoms with Crippen LogP contribution in [0, 0.1) is 21.3 Å². The zero-order valence-corrected chi connectivity index (χ0v) is 16.3. The molecule has 2 aromatic carbocycles. The topological polar surface area (TPSA) is 6.48 Å². The molecule has 22 heavy (non-hydrogen) atoms. The molecule has 2 rings (SSSR count). The minimum Gasteiger partial charge on any atom is -0.428 e. The van der Waals surface area contributed by atoms with Gasteiger partial charge in [0.2, 0.25) is 0 Å². The quantitative estimate of drug-likeness (QED) is 0.758. The summed E-state index contributed by atoms with van der Waals surface area (Å²) < 4.78 is 0. The van der Waals surface area contributed by atoms with E-state index in [2.05, 4.69) is 35.8 Å². The Bertz CT molecular complexity index is 487. The number of hydrogen-bond acceptors (Lipinski definition) is 2. The van der Waals surface area contributed by atoms with E-state index < -0.39 is 0 Å². The summed E-state index contributed by atoms with van der Waals surface area (Å²) in [4.78, 5) is 4.12. The molecular weight excluding hydrogens is 301 g/mol. The van der Waals surface area contributed by atoms with Crippen molar-refractivity contribution in [3.63, 3.8) is 0 Å². The molecule has 0 saturated heterocycles. The predicted octanol–water partition coefficient (Wildman–Crippen LogP) is 4.32. The molecule has 0 aliphatic rings. The van der Waals surface area contributed by atoms with E-state index >= 15 is 0 Å². The summed E-state index contributed by atoms with van der Waals surface area (Å²) in [6.07, 6.45) is 0. The van der Waals surface area contributed by atoms with Crippen LogP contribution >= 0.6 is 0 Å². The van der Waals surface area contributed by atoms with Crippen LogP contribution in [-0.4, -0.2) is 28.2 Å². The van der Waals surface area contributed by atoms with E-state index in [-0.39, 0.29) is 33.3 Å². The van der Waals surface area contributed by atoms with Gasteiger partial charge in [-0.05, 0) is 28.2 Å². The zero-order valence-electron chi connectivity index (χ0n) is 14.5. The fraction of sp³-hybridized carbons (Fsp3) is 0.211. The second-order valence-corrected chi connectivity index (χ2v) is 5.05. The number of rotatable bonds is 2. The van der Waals surface area contributed by atoms with Crippen molar-refractivity contribution in [2.45, 2.75) is 0 Å². The number of nitrogens with zero attached hydrogens (tertiary/aromatic N) is 2. The minimum absolute atomic E-state index is 0. The monoisotopic (exact) mass is 328 g/mol. The fourth-order valence-electron chi connectivity index (χ4n) is 1.89. The average Bonchev–Trinajstić information content (AvgIpc) is 2.40. The van der Waals surface area contributed by atoms with Gasteiger partial charge in [0.25, 0.3) is 0 Å². The SMILES string of the molecule is [CH2-]c1ccccc1N(C)C.[CH2-]c1ccccc1N(C)C.[CH3-].[Sc]. The van der Waals surface area contributed by atoms with E-state index in [4.69, 9.17) is 0 Å². The van der Waals surface area contributed by atoms with Crippen molar-refractivity contribution < 1.29 is 25.8 Å². The summed E-state index contributed by atoms with van der Waals surface area (Å²) in [5, 5.41) is 0. The Morgan fingerprint density at radius 1 is 0.636 bits per heavy atom. The van der Waals surface area contributed by atoms with Gasteiger partial charge in [0.05, 0.1) is 0 Å². The molecule has 119 valence electrons. The van der Waals surface area contributed by atoms with Crippen LogP contribution < -0.4 is 9.80 Å². The van der Waals surface area contributed by atoms with Crippen LogP contribution in [0.15, 0.2) is 48.5 Å². The first-order valence-electron chi connectivity index (χ1n) is 6.60. The molecule has 2 aromatic rings. The van der Waals surface area contributed by atoms with Crippen LogP contribution in [0.5, 0.6) is 0 Å². The van der Waals surface area contributed by atoms with Crippen molar-refractivity contribution >= 4 is 11.4 Å². The molecule has 0 heterocycles. The van der Waals surface area contributed by atoms with Gasteiger partial charge in [0, 0.05) is 25.8 Å². The van der Waals surface area contributed by atoms with Gasteiger partial charge >= 0.3 is 0 Å². The maximum atomic E-state index is 3.90. The summed E-state index contributed by atoms with van der Waals surface area (Å²) in [6, 6.07) is 16.2. The molecule has 0 unspecified atom stereocenters. The molecule has 1 radical (unpaired) electrons. The summed E-state index contributed by atoms with van der Waals surface area (Å²) in [5.41, 5.74) is 4.52. The molecule has 2 nitrogen and oxygen atoms in total. The van der Waals surface area contributed by atoms with Crippen LogP contribution in [-0.2, 0) is 25.8 Å². The van der Waals surface area contributed by atoms with Crippen molar-refractivity contribution in [2.24, 2.45) is 0 Å². The van der Waals surface area contributed by atoms with E-state index in [1.165, 1.54) is 11.4 Å². The molecule has 0 aliphatic carbocycles. The van der Waals surface area contributed by atoms with Gasteiger partial charge in [-0.25, -0.2) is 0 Å². The maximum absolute atomic E-state index is 3.90. The van der Waals surface area contributed by atoms with Crippen molar-refractivity contribution in [3.05, 3.63) is 80.9 Å². The third kappa shape index (κ3) is 7.08. The molecule has 0 bridgehead atoms.